The lowest BCUT2D eigenvalue weighted by atomic mass is 9.78. The fourth-order valence-electron chi connectivity index (χ4n) is 6.33. The fourth-order valence-corrected chi connectivity index (χ4v) is 6.33. The number of aromatic nitrogens is 2. The maximum Gasteiger partial charge on any atom is 0.266 e. The largest absolute Gasteiger partial charge is 0.494 e. The molecule has 2 heterocycles. The summed E-state index contributed by atoms with van der Waals surface area (Å²) in [6, 6.07) is 18.1. The molecule has 8 heteroatoms. The molecule has 0 aliphatic heterocycles. The van der Waals surface area contributed by atoms with Gasteiger partial charge in [0.2, 0.25) is 0 Å². The van der Waals surface area contributed by atoms with E-state index in [1.54, 1.807) is 24.3 Å². The van der Waals surface area contributed by atoms with Crippen LogP contribution in [0.1, 0.15) is 92.1 Å². The zero-order valence-corrected chi connectivity index (χ0v) is 28.5. The van der Waals surface area contributed by atoms with E-state index >= 15 is 0 Å². The quantitative estimate of drug-likeness (QED) is 0.113. The van der Waals surface area contributed by atoms with Gasteiger partial charge in [0.05, 0.1) is 40.4 Å². The van der Waals surface area contributed by atoms with Gasteiger partial charge in [0.1, 0.15) is 11.5 Å². The molecule has 47 heavy (non-hydrogen) atoms. The number of unbranched alkanes of at least 4 members (excludes halogenated alkanes) is 2. The minimum atomic E-state index is -0.644. The third-order valence-corrected chi connectivity index (χ3v) is 10.5. The molecule has 248 valence electrons. The van der Waals surface area contributed by atoms with Gasteiger partial charge < -0.3 is 9.47 Å². The number of hydrogen-bond donors (Lipinski definition) is 0. The highest BCUT2D eigenvalue weighted by Crippen LogP contribution is 2.32. The van der Waals surface area contributed by atoms with Gasteiger partial charge >= 0.3 is 0 Å². The van der Waals surface area contributed by atoms with Gasteiger partial charge in [-0.05, 0) is 111 Å². The summed E-state index contributed by atoms with van der Waals surface area (Å²) < 4.78 is 14.2. The molecule has 0 saturated carbocycles. The van der Waals surface area contributed by atoms with Crippen molar-refractivity contribution in [2.24, 2.45) is 0 Å². The zero-order valence-electron chi connectivity index (χ0n) is 28.5. The third-order valence-electron chi connectivity index (χ3n) is 10.5. The number of benzene rings is 3. The van der Waals surface area contributed by atoms with Crippen LogP contribution >= 0.6 is 0 Å². The van der Waals surface area contributed by atoms with Crippen LogP contribution < -0.4 is 31.7 Å². The Morgan fingerprint density at radius 2 is 0.979 bits per heavy atom. The molecule has 5 rings (SSSR count). The van der Waals surface area contributed by atoms with E-state index in [0.717, 1.165) is 42.4 Å². The van der Waals surface area contributed by atoms with E-state index in [1.165, 1.54) is 22.3 Å². The molecule has 0 aliphatic rings. The SMILES string of the molecule is CCC(C)(CC)c1ccc(OCCCCCOc2ccc(-n3c(=O)c4cc5c(=O)n(C(C)(CC)CC)c(=O)c5cc4c3=O)cc2)cc1. The summed E-state index contributed by atoms with van der Waals surface area (Å²) in [6.07, 6.45) is 6.15. The average Bonchev–Trinajstić information content (AvgIpc) is 3.50. The minimum Gasteiger partial charge on any atom is -0.494 e. The Morgan fingerprint density at radius 1 is 0.553 bits per heavy atom. The van der Waals surface area contributed by atoms with Crippen LogP contribution in [0.15, 0.2) is 79.8 Å². The number of fused-ring (bicyclic) bond motifs is 2. The smallest absolute Gasteiger partial charge is 0.266 e. The van der Waals surface area contributed by atoms with Crippen molar-refractivity contribution in [1.82, 2.24) is 9.13 Å². The maximum absolute atomic E-state index is 13.4. The maximum atomic E-state index is 13.4. The lowest BCUT2D eigenvalue weighted by Crippen LogP contribution is -2.42. The highest BCUT2D eigenvalue weighted by molar-refractivity contribution is 5.98. The van der Waals surface area contributed by atoms with Gasteiger partial charge in [0.25, 0.3) is 22.2 Å². The molecular formula is C39H46N2O6. The van der Waals surface area contributed by atoms with Crippen LogP contribution in [0.3, 0.4) is 0 Å². The second kappa shape index (κ2) is 13.7. The van der Waals surface area contributed by atoms with E-state index in [9.17, 15) is 19.2 Å². The zero-order chi connectivity index (χ0) is 33.9. The fraction of sp³-hybridized carbons (Fsp3) is 0.436. The van der Waals surface area contributed by atoms with E-state index in [1.807, 2.05) is 20.8 Å². The summed E-state index contributed by atoms with van der Waals surface area (Å²) >= 11 is 0. The van der Waals surface area contributed by atoms with Crippen LogP contribution in [0.5, 0.6) is 11.5 Å². The normalized spacial score (nSPS) is 12.3. The van der Waals surface area contributed by atoms with Gasteiger partial charge in [-0.3, -0.25) is 23.7 Å². The molecule has 5 aromatic rings. The molecule has 0 amide bonds. The Hall–Kier alpha value is -4.46. The standard InChI is InChI=1S/C39H46N2O6/c1-7-38(5,8-2)26-14-18-28(19-15-26)46-22-12-11-13-23-47-29-20-16-27(17-21-29)40-34(42)30-24-32-33(25-31(30)35(40)43)37(45)41(36(32)44)39(6,9-3)10-4/h14-21,24-25H,7-13,22-23H2,1-6H3. The molecule has 0 spiro atoms. The number of hydrogen-bond acceptors (Lipinski definition) is 6. The summed E-state index contributed by atoms with van der Waals surface area (Å²) in [4.78, 5) is 53.4. The van der Waals surface area contributed by atoms with Crippen LogP contribution in [0.25, 0.3) is 27.2 Å². The topological polar surface area (TPSA) is 96.6 Å². The van der Waals surface area contributed by atoms with Gasteiger partial charge in [-0.2, -0.15) is 0 Å². The van der Waals surface area contributed by atoms with Crippen LogP contribution in [0.2, 0.25) is 0 Å². The Balaban J connectivity index is 1.19. The molecular weight excluding hydrogens is 592 g/mol. The summed E-state index contributed by atoms with van der Waals surface area (Å²) in [5, 5.41) is 0.592. The average molecular weight is 639 g/mol. The van der Waals surface area contributed by atoms with Crippen LogP contribution in [0.4, 0.5) is 0 Å². The lowest BCUT2D eigenvalue weighted by Gasteiger charge is -2.27. The second-order valence-corrected chi connectivity index (χ2v) is 13.1. The van der Waals surface area contributed by atoms with Gasteiger partial charge in [-0.25, -0.2) is 4.57 Å². The Morgan fingerprint density at radius 3 is 1.40 bits per heavy atom. The Bertz CT molecular complexity index is 1970. The number of ether oxygens (including phenoxy) is 2. The van der Waals surface area contributed by atoms with Crippen LogP contribution in [0, 0.1) is 0 Å². The number of nitrogens with zero attached hydrogens (tertiary/aromatic N) is 2. The van der Waals surface area contributed by atoms with Crippen molar-refractivity contribution in [3.8, 4) is 17.2 Å². The van der Waals surface area contributed by atoms with Gasteiger partial charge in [-0.15, -0.1) is 0 Å². The van der Waals surface area contributed by atoms with Crippen molar-refractivity contribution in [3.63, 3.8) is 0 Å². The van der Waals surface area contributed by atoms with E-state index in [0.29, 0.717) is 37.5 Å². The highest BCUT2D eigenvalue weighted by atomic mass is 16.5. The first kappa shape index (κ1) is 33.9. The molecule has 0 saturated heterocycles. The third kappa shape index (κ3) is 6.30. The molecule has 2 aromatic heterocycles. The van der Waals surface area contributed by atoms with Crippen molar-refractivity contribution in [2.75, 3.05) is 13.2 Å². The summed E-state index contributed by atoms with van der Waals surface area (Å²) in [6.45, 7) is 13.7. The molecule has 3 aromatic carbocycles. The number of rotatable bonds is 15. The first-order valence-corrected chi connectivity index (χ1v) is 16.9. The van der Waals surface area contributed by atoms with E-state index in [2.05, 4.69) is 45.0 Å². The van der Waals surface area contributed by atoms with Crippen molar-refractivity contribution >= 4 is 21.5 Å². The van der Waals surface area contributed by atoms with E-state index in [-0.39, 0.29) is 27.0 Å². The van der Waals surface area contributed by atoms with Crippen molar-refractivity contribution in [3.05, 3.63) is 108 Å². The molecule has 0 radical (unpaired) electrons. The van der Waals surface area contributed by atoms with Gasteiger partial charge in [0, 0.05) is 5.54 Å². The minimum absolute atomic E-state index is 0.128. The molecule has 0 aliphatic carbocycles. The summed E-state index contributed by atoms with van der Waals surface area (Å²) in [5.41, 5.74) is -0.595. The second-order valence-electron chi connectivity index (χ2n) is 13.1. The first-order valence-electron chi connectivity index (χ1n) is 16.9. The van der Waals surface area contributed by atoms with E-state index in [4.69, 9.17) is 9.47 Å². The van der Waals surface area contributed by atoms with Crippen molar-refractivity contribution in [2.45, 2.75) is 97.4 Å². The van der Waals surface area contributed by atoms with Crippen LogP contribution in [-0.4, -0.2) is 22.3 Å². The van der Waals surface area contributed by atoms with E-state index < -0.39 is 27.8 Å². The molecule has 0 N–H and O–H groups in total. The summed E-state index contributed by atoms with van der Waals surface area (Å²) in [7, 11) is 0. The predicted molar refractivity (Wildman–Crippen MR) is 190 cm³/mol. The van der Waals surface area contributed by atoms with Crippen molar-refractivity contribution in [1.29, 1.82) is 0 Å². The monoisotopic (exact) mass is 638 g/mol. The van der Waals surface area contributed by atoms with Gasteiger partial charge in [-0.1, -0.05) is 46.8 Å². The molecule has 0 atom stereocenters. The Kier molecular flexibility index (Phi) is 9.89. The van der Waals surface area contributed by atoms with Crippen molar-refractivity contribution < 1.29 is 9.47 Å². The predicted octanol–water partition coefficient (Wildman–Crippen LogP) is 7.14. The lowest BCUT2D eigenvalue weighted by molar-refractivity contribution is 0.279. The molecule has 0 fully saturated rings. The first-order chi connectivity index (χ1) is 22.5. The Labute approximate surface area is 275 Å². The molecule has 0 unspecified atom stereocenters. The van der Waals surface area contributed by atoms with Gasteiger partial charge in [0.15, 0.2) is 0 Å². The molecule has 0 bridgehead atoms. The highest BCUT2D eigenvalue weighted by Gasteiger charge is 2.29. The summed E-state index contributed by atoms with van der Waals surface area (Å²) in [5.74, 6) is 1.53. The molecule has 8 nitrogen and oxygen atoms in total. The van der Waals surface area contributed by atoms with Crippen LogP contribution in [-0.2, 0) is 11.0 Å².